The highest BCUT2D eigenvalue weighted by Gasteiger charge is 2.19. The summed E-state index contributed by atoms with van der Waals surface area (Å²) in [5.74, 6) is 3.31. The Hall–Kier alpha value is -3.48. The normalized spacial score (nSPS) is 13.3. The van der Waals surface area contributed by atoms with Crippen molar-refractivity contribution < 1.29 is 29.5 Å². The van der Waals surface area contributed by atoms with E-state index in [4.69, 9.17) is 49.0 Å². The van der Waals surface area contributed by atoms with Gasteiger partial charge in [0.05, 0.1) is 18.3 Å². The molecular weight excluding hydrogens is 851 g/mol. The maximum absolute atomic E-state index is 10.6. The zero-order valence-corrected chi connectivity index (χ0v) is 36.1. The number of hydrogen-bond acceptors (Lipinski definition) is 9. The third kappa shape index (κ3) is 14.4. The van der Waals surface area contributed by atoms with Gasteiger partial charge in [-0.25, -0.2) is 0 Å². The van der Waals surface area contributed by atoms with E-state index < -0.39 is 18.3 Å². The fraction of sp³-hybridized carbons (Fsp3) is 0.217. The number of hydrogen-bond donors (Lipinski definition) is 3. The van der Waals surface area contributed by atoms with E-state index in [0.29, 0.717) is 49.6 Å². The van der Waals surface area contributed by atoms with Crippen LogP contribution in [0.5, 0.6) is 17.2 Å². The van der Waals surface area contributed by atoms with Crippen LogP contribution in [0.1, 0.15) is 22.6 Å². The lowest BCUT2D eigenvalue weighted by Crippen LogP contribution is -2.20. The molecule has 0 radical (unpaired) electrons. The molecule has 0 saturated carbocycles. The van der Waals surface area contributed by atoms with Gasteiger partial charge in [0.2, 0.25) is 0 Å². The quantitative estimate of drug-likeness (QED) is 0.0483. The van der Waals surface area contributed by atoms with E-state index in [1.165, 1.54) is 0 Å². The second-order valence-corrected chi connectivity index (χ2v) is 17.9. The van der Waals surface area contributed by atoms with Crippen LogP contribution >= 0.6 is 70.1 Å². The summed E-state index contributed by atoms with van der Waals surface area (Å²) < 4.78 is 17.9. The third-order valence-corrected chi connectivity index (χ3v) is 13.0. The van der Waals surface area contributed by atoms with Crippen LogP contribution in [-0.2, 0) is 0 Å². The smallest absolute Gasteiger partial charge is 0.119 e. The SMILES string of the molecule is OC(COc1ccc(C(c2ccc(OCC(O)CSc3ccc(Cl)cc3)cc2)c2ccc(OCC(O)CSc3ccc(Cl)cc3)cc2)cc1)CSc1ccc(Cl)cc1. The molecule has 6 nitrogen and oxygen atoms in total. The van der Waals surface area contributed by atoms with E-state index in [9.17, 15) is 15.3 Å². The molecule has 3 N–H and O–H groups in total. The predicted molar refractivity (Wildman–Crippen MR) is 241 cm³/mol. The van der Waals surface area contributed by atoms with Crippen molar-refractivity contribution in [1.29, 1.82) is 0 Å². The van der Waals surface area contributed by atoms with Gasteiger partial charge in [-0.05, 0) is 126 Å². The van der Waals surface area contributed by atoms with Crippen molar-refractivity contribution in [3.63, 3.8) is 0 Å². The van der Waals surface area contributed by atoms with Crippen LogP contribution in [0, 0.1) is 0 Å². The summed E-state index contributed by atoms with van der Waals surface area (Å²) in [7, 11) is 0. The Kier molecular flexibility index (Phi) is 17.3. The van der Waals surface area contributed by atoms with Crippen molar-refractivity contribution in [3.05, 3.63) is 177 Å². The molecular formula is C46H43Cl3O6S3. The molecule has 0 aliphatic rings. The van der Waals surface area contributed by atoms with Gasteiger partial charge in [-0.15, -0.1) is 35.3 Å². The van der Waals surface area contributed by atoms with E-state index in [1.54, 1.807) is 35.3 Å². The van der Waals surface area contributed by atoms with Crippen molar-refractivity contribution in [2.45, 2.75) is 38.9 Å². The third-order valence-electron chi connectivity index (χ3n) is 8.74. The first-order chi connectivity index (χ1) is 28.2. The first-order valence-electron chi connectivity index (χ1n) is 18.5. The molecule has 6 rings (SSSR count). The van der Waals surface area contributed by atoms with Gasteiger partial charge in [0.1, 0.15) is 37.1 Å². The van der Waals surface area contributed by atoms with Gasteiger partial charge in [-0.2, -0.15) is 0 Å². The Bertz CT molecular complexity index is 1860. The van der Waals surface area contributed by atoms with Crippen LogP contribution < -0.4 is 14.2 Å². The molecule has 0 amide bonds. The van der Waals surface area contributed by atoms with E-state index >= 15 is 0 Å². The largest absolute Gasteiger partial charge is 0.491 e. The summed E-state index contributed by atoms with van der Waals surface area (Å²) in [6.45, 7) is 0.486. The van der Waals surface area contributed by atoms with Crippen molar-refractivity contribution in [2.75, 3.05) is 37.1 Å². The van der Waals surface area contributed by atoms with Crippen LogP contribution in [0.4, 0.5) is 0 Å². The van der Waals surface area contributed by atoms with Crippen LogP contribution in [0.2, 0.25) is 15.1 Å². The number of rotatable bonds is 21. The summed E-state index contributed by atoms with van der Waals surface area (Å²) in [5.41, 5.74) is 3.12. The highest BCUT2D eigenvalue weighted by molar-refractivity contribution is 7.99. The molecule has 0 heterocycles. The van der Waals surface area contributed by atoms with E-state index in [-0.39, 0.29) is 25.7 Å². The number of benzene rings is 6. The zero-order chi connectivity index (χ0) is 40.7. The van der Waals surface area contributed by atoms with Gasteiger partial charge in [0.15, 0.2) is 0 Å². The Labute approximate surface area is 367 Å². The maximum atomic E-state index is 10.6. The van der Waals surface area contributed by atoms with Crippen molar-refractivity contribution in [3.8, 4) is 17.2 Å². The average molecular weight is 894 g/mol. The van der Waals surface area contributed by atoms with Crippen LogP contribution in [0.15, 0.2) is 160 Å². The van der Waals surface area contributed by atoms with Gasteiger partial charge in [-0.1, -0.05) is 71.2 Å². The zero-order valence-electron chi connectivity index (χ0n) is 31.3. The van der Waals surface area contributed by atoms with Gasteiger partial charge in [0, 0.05) is 52.9 Å². The van der Waals surface area contributed by atoms with Gasteiger partial charge in [0.25, 0.3) is 0 Å². The minimum Gasteiger partial charge on any atom is -0.491 e. The lowest BCUT2D eigenvalue weighted by molar-refractivity contribution is 0.126. The number of thioether (sulfide) groups is 3. The second-order valence-electron chi connectivity index (χ2n) is 13.3. The molecule has 0 bridgehead atoms. The Morgan fingerprint density at radius 2 is 0.603 bits per heavy atom. The van der Waals surface area contributed by atoms with Crippen LogP contribution in [0.25, 0.3) is 0 Å². The first kappa shape index (κ1) is 44.1. The molecule has 6 aromatic carbocycles. The predicted octanol–water partition coefficient (Wildman–Crippen LogP) is 11.4. The molecule has 0 aliphatic carbocycles. The van der Waals surface area contributed by atoms with Gasteiger partial charge >= 0.3 is 0 Å². The van der Waals surface area contributed by atoms with E-state index in [2.05, 4.69) is 0 Å². The number of halogens is 3. The summed E-state index contributed by atoms with van der Waals surface area (Å²) in [5, 5.41) is 33.8. The molecule has 12 heteroatoms. The minimum absolute atomic E-state index is 0.138. The molecule has 0 spiro atoms. The first-order valence-corrected chi connectivity index (χ1v) is 22.6. The summed E-state index contributed by atoms with van der Waals surface area (Å²) in [6.07, 6.45) is -1.95. The molecule has 58 heavy (non-hydrogen) atoms. The lowest BCUT2D eigenvalue weighted by atomic mass is 9.85. The molecule has 0 fully saturated rings. The van der Waals surface area contributed by atoms with E-state index in [0.717, 1.165) is 31.4 Å². The highest BCUT2D eigenvalue weighted by atomic mass is 35.5. The summed E-state index contributed by atoms with van der Waals surface area (Å²) in [6, 6.07) is 46.3. The number of ether oxygens (including phenoxy) is 3. The van der Waals surface area contributed by atoms with Crippen molar-refractivity contribution >= 4 is 70.1 Å². The van der Waals surface area contributed by atoms with Crippen molar-refractivity contribution in [1.82, 2.24) is 0 Å². The van der Waals surface area contributed by atoms with Crippen molar-refractivity contribution in [2.24, 2.45) is 0 Å². The topological polar surface area (TPSA) is 88.4 Å². The van der Waals surface area contributed by atoms with Crippen LogP contribution in [-0.4, -0.2) is 70.7 Å². The summed E-state index contributed by atoms with van der Waals surface area (Å²) >= 11 is 22.6. The molecule has 0 aromatic heterocycles. The van der Waals surface area contributed by atoms with E-state index in [1.807, 2.05) is 146 Å². The standard InChI is InChI=1S/C46H43Cl3O6S3/c47-34-7-19-43(20-8-34)56-28-37(50)25-53-40-13-1-31(2-14-40)46(32-3-15-41(16-4-32)54-26-38(51)29-57-44-21-9-35(48)10-22-44)33-5-17-42(18-6-33)55-27-39(52)30-58-45-23-11-36(49)12-24-45/h1-24,37-39,46,50-52H,25-30H2. The fourth-order valence-electron chi connectivity index (χ4n) is 5.74. The minimum atomic E-state index is -0.652. The monoisotopic (exact) mass is 892 g/mol. The van der Waals surface area contributed by atoms with Gasteiger partial charge in [-0.3, -0.25) is 0 Å². The molecule has 302 valence electrons. The van der Waals surface area contributed by atoms with Crippen LogP contribution in [0.3, 0.4) is 0 Å². The maximum Gasteiger partial charge on any atom is 0.119 e. The second kappa shape index (κ2) is 22.8. The molecule has 0 saturated heterocycles. The highest BCUT2D eigenvalue weighted by Crippen LogP contribution is 2.35. The molecule has 3 atom stereocenters. The molecule has 3 unspecified atom stereocenters. The summed E-state index contributed by atoms with van der Waals surface area (Å²) in [4.78, 5) is 3.09. The fourth-order valence-corrected chi connectivity index (χ4v) is 8.54. The molecule has 6 aromatic rings. The molecule has 0 aliphatic heterocycles. The Balaban J connectivity index is 1.08. The number of aliphatic hydroxyl groups is 3. The average Bonchev–Trinajstić information content (AvgIpc) is 3.25. The lowest BCUT2D eigenvalue weighted by Gasteiger charge is -2.21. The Morgan fingerprint density at radius 1 is 0.362 bits per heavy atom. The number of aliphatic hydroxyl groups excluding tert-OH is 3. The van der Waals surface area contributed by atoms with Gasteiger partial charge < -0.3 is 29.5 Å². The Morgan fingerprint density at radius 3 is 0.845 bits per heavy atom.